The van der Waals surface area contributed by atoms with Gasteiger partial charge in [0, 0.05) is 6.20 Å². The Kier molecular flexibility index (Phi) is 2.86. The van der Waals surface area contributed by atoms with Crippen LogP contribution in [0.3, 0.4) is 0 Å². The number of aryl methyl sites for hydroxylation is 1. The van der Waals surface area contributed by atoms with E-state index in [1.807, 2.05) is 6.92 Å². The Hall–Kier alpha value is -2.83. The molecule has 0 radical (unpaired) electrons. The molecule has 3 aromatic rings. The number of benzene rings is 1. The standard InChI is InChI=1S/C13H11N5O2/c1-8-5-15-9(6-14-8)7-18-12-10(13(19)20)3-2-4-11(12)16-17-18/h2-6H,7H2,1H3,(H,19,20). The van der Waals surface area contributed by atoms with Gasteiger partial charge in [-0.2, -0.15) is 0 Å². The Labute approximate surface area is 113 Å². The van der Waals surface area contributed by atoms with Gasteiger partial charge < -0.3 is 5.11 Å². The van der Waals surface area contributed by atoms with Gasteiger partial charge in [0.25, 0.3) is 0 Å². The number of hydrogen-bond donors (Lipinski definition) is 1. The maximum atomic E-state index is 11.3. The van der Waals surface area contributed by atoms with Crippen LogP contribution in [0.2, 0.25) is 0 Å². The lowest BCUT2D eigenvalue weighted by atomic mass is 10.2. The van der Waals surface area contributed by atoms with Crippen molar-refractivity contribution < 1.29 is 9.90 Å². The van der Waals surface area contributed by atoms with Crippen molar-refractivity contribution in [2.45, 2.75) is 13.5 Å². The van der Waals surface area contributed by atoms with Crippen molar-refractivity contribution in [3.05, 3.63) is 47.5 Å². The first-order valence-electron chi connectivity index (χ1n) is 5.98. The van der Waals surface area contributed by atoms with Crippen LogP contribution in [0.4, 0.5) is 0 Å². The monoisotopic (exact) mass is 269 g/mol. The molecule has 1 aromatic carbocycles. The maximum Gasteiger partial charge on any atom is 0.337 e. The van der Waals surface area contributed by atoms with Gasteiger partial charge >= 0.3 is 5.97 Å². The second-order valence-corrected chi connectivity index (χ2v) is 4.37. The lowest BCUT2D eigenvalue weighted by Gasteiger charge is -2.04. The molecule has 20 heavy (non-hydrogen) atoms. The molecule has 0 aliphatic rings. The molecule has 0 atom stereocenters. The smallest absolute Gasteiger partial charge is 0.337 e. The number of nitrogens with zero attached hydrogens (tertiary/aromatic N) is 5. The molecule has 0 unspecified atom stereocenters. The van der Waals surface area contributed by atoms with E-state index in [0.29, 0.717) is 23.3 Å². The van der Waals surface area contributed by atoms with E-state index < -0.39 is 5.97 Å². The lowest BCUT2D eigenvalue weighted by molar-refractivity contribution is 0.0698. The minimum atomic E-state index is -1.01. The Balaban J connectivity index is 2.07. The number of carboxylic acid groups (broad SMARTS) is 1. The fourth-order valence-electron chi connectivity index (χ4n) is 1.97. The van der Waals surface area contributed by atoms with Gasteiger partial charge in [0.2, 0.25) is 0 Å². The zero-order chi connectivity index (χ0) is 14.1. The Morgan fingerprint density at radius 3 is 2.85 bits per heavy atom. The first kappa shape index (κ1) is 12.2. The Morgan fingerprint density at radius 1 is 1.30 bits per heavy atom. The van der Waals surface area contributed by atoms with E-state index in [4.69, 9.17) is 0 Å². The number of carbonyl (C=O) groups is 1. The molecular weight excluding hydrogens is 258 g/mol. The van der Waals surface area contributed by atoms with Gasteiger partial charge in [0.15, 0.2) is 0 Å². The molecule has 0 saturated carbocycles. The summed E-state index contributed by atoms with van der Waals surface area (Å²) in [4.78, 5) is 19.7. The average Bonchev–Trinajstić information content (AvgIpc) is 2.84. The first-order valence-corrected chi connectivity index (χ1v) is 5.98. The van der Waals surface area contributed by atoms with E-state index in [1.54, 1.807) is 24.5 Å². The van der Waals surface area contributed by atoms with Crippen molar-refractivity contribution in [1.29, 1.82) is 0 Å². The van der Waals surface area contributed by atoms with E-state index in [2.05, 4.69) is 20.3 Å². The zero-order valence-electron chi connectivity index (χ0n) is 10.7. The van der Waals surface area contributed by atoms with Crippen LogP contribution in [0.25, 0.3) is 11.0 Å². The zero-order valence-corrected chi connectivity index (χ0v) is 10.7. The fraction of sp³-hybridized carbons (Fsp3) is 0.154. The highest BCUT2D eigenvalue weighted by Gasteiger charge is 2.14. The van der Waals surface area contributed by atoms with Crippen LogP contribution < -0.4 is 0 Å². The third-order valence-electron chi connectivity index (χ3n) is 2.91. The van der Waals surface area contributed by atoms with Crippen LogP contribution in [-0.2, 0) is 6.54 Å². The van der Waals surface area contributed by atoms with Crippen LogP contribution in [0.5, 0.6) is 0 Å². The minimum Gasteiger partial charge on any atom is -0.478 e. The molecule has 0 amide bonds. The van der Waals surface area contributed by atoms with Gasteiger partial charge in [-0.3, -0.25) is 9.97 Å². The van der Waals surface area contributed by atoms with Crippen molar-refractivity contribution in [2.75, 3.05) is 0 Å². The normalized spacial score (nSPS) is 10.8. The van der Waals surface area contributed by atoms with Crippen LogP contribution in [0, 0.1) is 6.92 Å². The van der Waals surface area contributed by atoms with E-state index >= 15 is 0 Å². The van der Waals surface area contributed by atoms with Gasteiger partial charge in [0.05, 0.1) is 29.7 Å². The molecule has 2 heterocycles. The summed E-state index contributed by atoms with van der Waals surface area (Å²) in [5.74, 6) is -1.01. The molecule has 100 valence electrons. The second kappa shape index (κ2) is 4.69. The summed E-state index contributed by atoms with van der Waals surface area (Å²) in [5.41, 5.74) is 2.73. The first-order chi connectivity index (χ1) is 9.65. The number of aromatic nitrogens is 5. The number of aromatic carboxylic acids is 1. The molecule has 0 fully saturated rings. The largest absolute Gasteiger partial charge is 0.478 e. The maximum absolute atomic E-state index is 11.3. The number of hydrogen-bond acceptors (Lipinski definition) is 5. The molecule has 0 bridgehead atoms. The summed E-state index contributed by atoms with van der Waals surface area (Å²) in [6, 6.07) is 4.91. The van der Waals surface area contributed by atoms with E-state index in [1.165, 1.54) is 10.7 Å². The summed E-state index contributed by atoms with van der Waals surface area (Å²) in [5, 5.41) is 17.2. The summed E-state index contributed by atoms with van der Waals surface area (Å²) in [6.45, 7) is 2.18. The van der Waals surface area contributed by atoms with Gasteiger partial charge in [-0.25, -0.2) is 9.48 Å². The van der Waals surface area contributed by atoms with Gasteiger partial charge in [-0.05, 0) is 19.1 Å². The predicted molar refractivity (Wildman–Crippen MR) is 70.4 cm³/mol. The van der Waals surface area contributed by atoms with E-state index in [0.717, 1.165) is 5.69 Å². The molecule has 0 aliphatic carbocycles. The third kappa shape index (κ3) is 2.09. The lowest BCUT2D eigenvalue weighted by Crippen LogP contribution is -2.07. The average molecular weight is 269 g/mol. The topological polar surface area (TPSA) is 93.8 Å². The van der Waals surface area contributed by atoms with Crippen LogP contribution in [0.15, 0.2) is 30.6 Å². The van der Waals surface area contributed by atoms with Crippen molar-refractivity contribution >= 4 is 17.0 Å². The molecular formula is C13H11N5O2. The molecule has 2 aromatic heterocycles. The van der Waals surface area contributed by atoms with Gasteiger partial charge in [-0.1, -0.05) is 11.3 Å². The van der Waals surface area contributed by atoms with Gasteiger partial charge in [0.1, 0.15) is 11.0 Å². The number of para-hydroxylation sites is 1. The fourth-order valence-corrected chi connectivity index (χ4v) is 1.97. The molecule has 3 rings (SSSR count). The second-order valence-electron chi connectivity index (χ2n) is 4.37. The van der Waals surface area contributed by atoms with E-state index in [9.17, 15) is 9.90 Å². The molecule has 7 nitrogen and oxygen atoms in total. The van der Waals surface area contributed by atoms with Crippen LogP contribution >= 0.6 is 0 Å². The SMILES string of the molecule is Cc1cnc(Cn2nnc3cccc(C(=O)O)c32)cn1. The van der Waals surface area contributed by atoms with Crippen molar-refractivity contribution in [3.8, 4) is 0 Å². The highest BCUT2D eigenvalue weighted by Crippen LogP contribution is 2.17. The van der Waals surface area contributed by atoms with Crippen molar-refractivity contribution in [3.63, 3.8) is 0 Å². The number of fused-ring (bicyclic) bond motifs is 1. The van der Waals surface area contributed by atoms with Crippen LogP contribution in [0.1, 0.15) is 21.7 Å². The molecule has 0 spiro atoms. The van der Waals surface area contributed by atoms with Crippen molar-refractivity contribution in [2.24, 2.45) is 0 Å². The Bertz CT molecular complexity index is 779. The van der Waals surface area contributed by atoms with E-state index in [-0.39, 0.29) is 5.56 Å². The highest BCUT2D eigenvalue weighted by molar-refractivity contribution is 6.00. The quantitative estimate of drug-likeness (QED) is 0.769. The minimum absolute atomic E-state index is 0.174. The summed E-state index contributed by atoms with van der Waals surface area (Å²) in [6.07, 6.45) is 3.30. The highest BCUT2D eigenvalue weighted by atomic mass is 16.4. The van der Waals surface area contributed by atoms with Crippen molar-refractivity contribution in [1.82, 2.24) is 25.0 Å². The summed E-state index contributed by atoms with van der Waals surface area (Å²) in [7, 11) is 0. The predicted octanol–water partition coefficient (Wildman–Crippen LogP) is 1.28. The van der Waals surface area contributed by atoms with Gasteiger partial charge in [-0.15, -0.1) is 5.10 Å². The van der Waals surface area contributed by atoms with Crippen LogP contribution in [-0.4, -0.2) is 36.0 Å². The summed E-state index contributed by atoms with van der Waals surface area (Å²) < 4.78 is 1.53. The molecule has 7 heteroatoms. The summed E-state index contributed by atoms with van der Waals surface area (Å²) >= 11 is 0. The Morgan fingerprint density at radius 2 is 2.15 bits per heavy atom. The molecule has 0 saturated heterocycles. The molecule has 1 N–H and O–H groups in total. The molecule has 0 aliphatic heterocycles. The third-order valence-corrected chi connectivity index (χ3v) is 2.91. The number of rotatable bonds is 3. The number of carboxylic acids is 1.